The second kappa shape index (κ2) is 5.31. The van der Waals surface area contributed by atoms with E-state index in [0.717, 1.165) is 6.20 Å². The van der Waals surface area contributed by atoms with Gasteiger partial charge in [0.2, 0.25) is 0 Å². The summed E-state index contributed by atoms with van der Waals surface area (Å²) in [5.41, 5.74) is 8.03. The van der Waals surface area contributed by atoms with E-state index in [1.54, 1.807) is 0 Å². The standard InChI is InChI=1S/C6H7ClN6O3/c7-6-10-5(13(15)16)3-12(6)2-4(14)1-9-11-8/h3-4,14H,1-2H2. The van der Waals surface area contributed by atoms with Crippen LogP contribution < -0.4 is 0 Å². The first kappa shape index (κ1) is 12.2. The third kappa shape index (κ3) is 3.09. The van der Waals surface area contributed by atoms with Crippen LogP contribution in [0.4, 0.5) is 5.82 Å². The predicted molar refractivity (Wildman–Crippen MR) is 53.9 cm³/mol. The molecule has 1 aromatic heterocycles. The lowest BCUT2D eigenvalue weighted by Gasteiger charge is -2.06. The molecule has 0 saturated carbocycles. The molecule has 0 bridgehead atoms. The number of aliphatic hydroxyl groups is 1. The van der Waals surface area contributed by atoms with E-state index in [-0.39, 0.29) is 18.4 Å². The number of azide groups is 1. The molecular weight excluding hydrogens is 240 g/mol. The van der Waals surface area contributed by atoms with E-state index >= 15 is 0 Å². The summed E-state index contributed by atoms with van der Waals surface area (Å²) in [6.45, 7) is -0.169. The molecule has 1 unspecified atom stereocenters. The molecule has 16 heavy (non-hydrogen) atoms. The summed E-state index contributed by atoms with van der Waals surface area (Å²) in [4.78, 5) is 15.6. The predicted octanol–water partition coefficient (Wildman–Crippen LogP) is 1.12. The van der Waals surface area contributed by atoms with Crippen molar-refractivity contribution in [3.05, 3.63) is 32.0 Å². The minimum atomic E-state index is -0.970. The van der Waals surface area contributed by atoms with E-state index in [2.05, 4.69) is 15.0 Å². The van der Waals surface area contributed by atoms with Gasteiger partial charge in [0, 0.05) is 4.91 Å². The molecule has 0 saturated heterocycles. The zero-order valence-electron chi connectivity index (χ0n) is 7.89. The molecule has 0 aliphatic rings. The number of aliphatic hydroxyl groups excluding tert-OH is 1. The van der Waals surface area contributed by atoms with Gasteiger partial charge in [-0.2, -0.15) is 0 Å². The van der Waals surface area contributed by atoms with Gasteiger partial charge in [0.1, 0.15) is 6.20 Å². The van der Waals surface area contributed by atoms with Gasteiger partial charge in [0.25, 0.3) is 0 Å². The van der Waals surface area contributed by atoms with Crippen molar-refractivity contribution in [2.45, 2.75) is 12.6 Å². The second-order valence-electron chi connectivity index (χ2n) is 2.84. The SMILES string of the molecule is [N-]=[N+]=NCC(O)Cn1cc([N+](=O)[O-])nc1Cl. The number of hydrogen-bond acceptors (Lipinski definition) is 5. The monoisotopic (exact) mass is 246 g/mol. The maximum Gasteiger partial charge on any atom is 0.383 e. The third-order valence-corrected chi connectivity index (χ3v) is 1.97. The van der Waals surface area contributed by atoms with Crippen LogP contribution in [0, 0.1) is 10.1 Å². The molecule has 1 aromatic rings. The Balaban J connectivity index is 2.73. The average Bonchev–Trinajstić information content (AvgIpc) is 2.57. The van der Waals surface area contributed by atoms with Gasteiger partial charge in [-0.05, 0) is 27.0 Å². The molecule has 10 heteroatoms. The highest BCUT2D eigenvalue weighted by Crippen LogP contribution is 2.15. The fourth-order valence-electron chi connectivity index (χ4n) is 1.01. The summed E-state index contributed by atoms with van der Waals surface area (Å²) < 4.78 is 1.21. The molecule has 0 spiro atoms. The molecule has 0 amide bonds. The van der Waals surface area contributed by atoms with Crippen molar-refractivity contribution in [3.63, 3.8) is 0 Å². The van der Waals surface area contributed by atoms with Crippen molar-refractivity contribution in [1.82, 2.24) is 9.55 Å². The Morgan fingerprint density at radius 3 is 3.06 bits per heavy atom. The van der Waals surface area contributed by atoms with E-state index in [1.807, 2.05) is 0 Å². The molecule has 0 fully saturated rings. The number of nitro groups is 1. The van der Waals surface area contributed by atoms with Crippen LogP contribution in [0.15, 0.2) is 11.3 Å². The summed E-state index contributed by atoms with van der Waals surface area (Å²) in [5, 5.41) is 22.8. The van der Waals surface area contributed by atoms with Crippen molar-refractivity contribution in [1.29, 1.82) is 0 Å². The van der Waals surface area contributed by atoms with E-state index in [1.165, 1.54) is 4.57 Å². The van der Waals surface area contributed by atoms with Gasteiger partial charge in [-0.15, -0.1) is 0 Å². The van der Waals surface area contributed by atoms with Crippen LogP contribution in [0.5, 0.6) is 0 Å². The Labute approximate surface area is 94.0 Å². The summed E-state index contributed by atoms with van der Waals surface area (Å²) in [5.74, 6) is -0.402. The van der Waals surface area contributed by atoms with Crippen molar-refractivity contribution in [2.24, 2.45) is 5.11 Å². The van der Waals surface area contributed by atoms with Crippen LogP contribution >= 0.6 is 11.6 Å². The van der Waals surface area contributed by atoms with E-state index in [0.29, 0.717) is 0 Å². The summed E-state index contributed by atoms with van der Waals surface area (Å²) in [6, 6.07) is 0. The molecule has 0 aromatic carbocycles. The largest absolute Gasteiger partial charge is 0.391 e. The van der Waals surface area contributed by atoms with Crippen LogP contribution in [0.25, 0.3) is 10.4 Å². The van der Waals surface area contributed by atoms with E-state index in [9.17, 15) is 15.2 Å². The van der Waals surface area contributed by atoms with Gasteiger partial charge in [0.15, 0.2) is 0 Å². The summed E-state index contributed by atoms with van der Waals surface area (Å²) >= 11 is 5.60. The maximum atomic E-state index is 10.4. The van der Waals surface area contributed by atoms with Crippen LogP contribution in [0.2, 0.25) is 5.28 Å². The van der Waals surface area contributed by atoms with Crippen molar-refractivity contribution in [2.75, 3.05) is 6.54 Å². The van der Waals surface area contributed by atoms with E-state index in [4.69, 9.17) is 17.1 Å². The lowest BCUT2D eigenvalue weighted by molar-refractivity contribution is -0.389. The number of halogens is 1. The van der Waals surface area contributed by atoms with Gasteiger partial charge in [-0.3, -0.25) is 4.57 Å². The average molecular weight is 247 g/mol. The van der Waals surface area contributed by atoms with Crippen molar-refractivity contribution in [3.8, 4) is 0 Å². The van der Waals surface area contributed by atoms with E-state index < -0.39 is 16.8 Å². The summed E-state index contributed by atoms with van der Waals surface area (Å²) in [6.07, 6.45) is 0.129. The zero-order chi connectivity index (χ0) is 12.1. The molecule has 86 valence electrons. The van der Waals surface area contributed by atoms with Gasteiger partial charge < -0.3 is 15.2 Å². The Kier molecular flexibility index (Phi) is 4.06. The fraction of sp³-hybridized carbons (Fsp3) is 0.500. The number of rotatable bonds is 5. The van der Waals surface area contributed by atoms with Crippen LogP contribution in [0.1, 0.15) is 0 Å². The van der Waals surface area contributed by atoms with Crippen molar-refractivity contribution < 1.29 is 10.0 Å². The highest BCUT2D eigenvalue weighted by molar-refractivity contribution is 6.28. The zero-order valence-corrected chi connectivity index (χ0v) is 8.65. The highest BCUT2D eigenvalue weighted by Gasteiger charge is 2.18. The van der Waals surface area contributed by atoms with Gasteiger partial charge >= 0.3 is 11.1 Å². The van der Waals surface area contributed by atoms with Crippen molar-refractivity contribution >= 4 is 17.4 Å². The van der Waals surface area contributed by atoms with Crippen LogP contribution in [-0.4, -0.2) is 32.2 Å². The van der Waals surface area contributed by atoms with Crippen LogP contribution in [-0.2, 0) is 6.54 Å². The Morgan fingerprint density at radius 1 is 1.88 bits per heavy atom. The van der Waals surface area contributed by atoms with Crippen LogP contribution in [0.3, 0.4) is 0 Å². The van der Waals surface area contributed by atoms with Gasteiger partial charge in [-0.25, -0.2) is 0 Å². The quantitative estimate of drug-likeness (QED) is 0.274. The molecule has 1 atom stereocenters. The normalized spacial score (nSPS) is 11.9. The Bertz CT molecular complexity index is 439. The number of hydrogen-bond donors (Lipinski definition) is 1. The molecule has 1 rings (SSSR count). The minimum absolute atomic E-state index is 0.0291. The Hall–Kier alpha value is -1.83. The number of aromatic nitrogens is 2. The first-order valence-electron chi connectivity index (χ1n) is 4.10. The maximum absolute atomic E-state index is 10.4. The second-order valence-corrected chi connectivity index (χ2v) is 3.18. The van der Waals surface area contributed by atoms with Gasteiger partial charge in [-0.1, -0.05) is 5.11 Å². The molecule has 1 N–H and O–H groups in total. The molecule has 0 radical (unpaired) electrons. The minimum Gasteiger partial charge on any atom is -0.391 e. The topological polar surface area (TPSA) is 130 Å². The lowest BCUT2D eigenvalue weighted by atomic mass is 10.3. The molecule has 0 aliphatic heterocycles. The van der Waals surface area contributed by atoms with Gasteiger partial charge in [0.05, 0.1) is 19.2 Å². The smallest absolute Gasteiger partial charge is 0.383 e. The number of nitrogens with zero attached hydrogens (tertiary/aromatic N) is 6. The summed E-state index contributed by atoms with van der Waals surface area (Å²) in [7, 11) is 0. The third-order valence-electron chi connectivity index (χ3n) is 1.67. The molecule has 1 heterocycles. The number of imidazole rings is 1. The first-order chi connectivity index (χ1) is 7.54. The highest BCUT2D eigenvalue weighted by atomic mass is 35.5. The Morgan fingerprint density at radius 2 is 2.56 bits per heavy atom. The molecule has 9 nitrogen and oxygen atoms in total. The fourth-order valence-corrected chi connectivity index (χ4v) is 1.22. The molecule has 0 aliphatic carbocycles. The first-order valence-corrected chi connectivity index (χ1v) is 4.48. The lowest BCUT2D eigenvalue weighted by Crippen LogP contribution is -2.18. The molecular formula is C6H7ClN6O3.